The molecule has 3 aliphatic rings. The lowest BCUT2D eigenvalue weighted by Crippen LogP contribution is -2.56. The first-order valence-electron chi connectivity index (χ1n) is 12.1. The van der Waals surface area contributed by atoms with E-state index in [9.17, 15) is 19.5 Å². The fraction of sp³-hybridized carbons (Fsp3) is 0.444. The summed E-state index contributed by atoms with van der Waals surface area (Å²) in [5.41, 5.74) is 2.69. The highest BCUT2D eigenvalue weighted by molar-refractivity contribution is 5.93. The lowest BCUT2D eigenvalue weighted by atomic mass is 9.77. The third kappa shape index (κ3) is 3.73. The van der Waals surface area contributed by atoms with Crippen LogP contribution in [0.5, 0.6) is 0 Å². The molecule has 0 aromatic heterocycles. The third-order valence-electron chi connectivity index (χ3n) is 7.84. The Hall–Kier alpha value is -3.35. The second-order valence-electron chi connectivity index (χ2n) is 9.80. The van der Waals surface area contributed by atoms with Gasteiger partial charge in [0.15, 0.2) is 0 Å². The molecule has 34 heavy (non-hydrogen) atoms. The zero-order chi connectivity index (χ0) is 23.9. The van der Waals surface area contributed by atoms with Gasteiger partial charge in [0.05, 0.1) is 5.41 Å². The quantitative estimate of drug-likeness (QED) is 0.672. The molecule has 7 nitrogen and oxygen atoms in total. The number of benzene rings is 2. The van der Waals surface area contributed by atoms with Gasteiger partial charge < -0.3 is 20.1 Å². The highest BCUT2D eigenvalue weighted by atomic mass is 16.5. The van der Waals surface area contributed by atoms with Gasteiger partial charge >= 0.3 is 12.1 Å². The minimum atomic E-state index is -0.974. The van der Waals surface area contributed by atoms with Crippen molar-refractivity contribution in [2.75, 3.05) is 19.7 Å². The number of rotatable bonds is 6. The molecule has 0 spiro atoms. The first-order valence-corrected chi connectivity index (χ1v) is 12.1. The summed E-state index contributed by atoms with van der Waals surface area (Å²) in [6, 6.07) is 16.3. The topological polar surface area (TPSA) is 95.9 Å². The van der Waals surface area contributed by atoms with Crippen LogP contribution in [0.1, 0.15) is 56.1 Å². The summed E-state index contributed by atoms with van der Waals surface area (Å²) in [5.74, 6) is -1.10. The number of likely N-dealkylation sites (tertiary alicyclic amines) is 1. The SMILES string of the molecule is CCC1(C(=O)O)CCCN(C(=O)C2(NC(=O)OCC3c4ccccc4-c4ccccc43)CC2)C1. The van der Waals surface area contributed by atoms with E-state index in [0.29, 0.717) is 38.6 Å². The molecular weight excluding hydrogens is 432 g/mol. The number of piperidine rings is 1. The summed E-state index contributed by atoms with van der Waals surface area (Å²) in [7, 11) is 0. The van der Waals surface area contributed by atoms with E-state index in [0.717, 1.165) is 22.3 Å². The fourth-order valence-electron chi connectivity index (χ4n) is 5.57. The smallest absolute Gasteiger partial charge is 0.408 e. The van der Waals surface area contributed by atoms with Crippen molar-refractivity contribution in [3.63, 3.8) is 0 Å². The highest BCUT2D eigenvalue weighted by Crippen LogP contribution is 2.45. The summed E-state index contributed by atoms with van der Waals surface area (Å²) in [5, 5.41) is 12.5. The molecule has 0 radical (unpaired) electrons. The summed E-state index contributed by atoms with van der Waals surface area (Å²) in [6.45, 7) is 2.74. The van der Waals surface area contributed by atoms with Gasteiger partial charge in [-0.2, -0.15) is 0 Å². The first-order chi connectivity index (χ1) is 16.4. The molecule has 1 saturated heterocycles. The Kier molecular flexibility index (Phi) is 5.58. The molecule has 0 bridgehead atoms. The van der Waals surface area contributed by atoms with Gasteiger partial charge in [-0.1, -0.05) is 55.5 Å². The van der Waals surface area contributed by atoms with Gasteiger partial charge in [-0.25, -0.2) is 4.79 Å². The van der Waals surface area contributed by atoms with Crippen molar-refractivity contribution in [2.45, 2.75) is 50.5 Å². The van der Waals surface area contributed by atoms with Gasteiger partial charge in [-0.05, 0) is 54.4 Å². The minimum absolute atomic E-state index is 0.0492. The normalized spacial score (nSPS) is 22.4. The molecule has 1 atom stereocenters. The van der Waals surface area contributed by atoms with E-state index in [-0.39, 0.29) is 25.0 Å². The number of carbonyl (C=O) groups excluding carboxylic acids is 2. The molecule has 2 aliphatic carbocycles. The molecule has 2 aromatic rings. The van der Waals surface area contributed by atoms with Gasteiger partial charge in [0.1, 0.15) is 12.1 Å². The minimum Gasteiger partial charge on any atom is -0.481 e. The number of hydrogen-bond donors (Lipinski definition) is 2. The second-order valence-corrected chi connectivity index (χ2v) is 9.80. The Morgan fingerprint density at radius 2 is 1.65 bits per heavy atom. The Bertz CT molecular complexity index is 1100. The van der Waals surface area contributed by atoms with Gasteiger partial charge in [0.25, 0.3) is 0 Å². The monoisotopic (exact) mass is 462 g/mol. The van der Waals surface area contributed by atoms with Gasteiger partial charge in [-0.3, -0.25) is 9.59 Å². The molecule has 2 N–H and O–H groups in total. The Labute approximate surface area is 199 Å². The van der Waals surface area contributed by atoms with Crippen molar-refractivity contribution in [1.82, 2.24) is 10.2 Å². The molecule has 2 fully saturated rings. The maximum absolute atomic E-state index is 13.3. The Morgan fingerprint density at radius 3 is 2.21 bits per heavy atom. The highest BCUT2D eigenvalue weighted by Gasteiger charge is 2.55. The van der Waals surface area contributed by atoms with Gasteiger partial charge in [0, 0.05) is 19.0 Å². The number of amides is 2. The molecule has 1 unspecified atom stereocenters. The molecule has 178 valence electrons. The zero-order valence-corrected chi connectivity index (χ0v) is 19.4. The van der Waals surface area contributed by atoms with E-state index in [4.69, 9.17) is 4.74 Å². The average molecular weight is 463 g/mol. The van der Waals surface area contributed by atoms with Crippen molar-refractivity contribution in [2.24, 2.45) is 5.41 Å². The number of carboxylic acid groups (broad SMARTS) is 1. The summed E-state index contributed by atoms with van der Waals surface area (Å²) in [6.07, 6.45) is 2.16. The molecule has 2 aromatic carbocycles. The van der Waals surface area contributed by atoms with Crippen LogP contribution in [0.15, 0.2) is 48.5 Å². The number of aliphatic carboxylic acids is 1. The van der Waals surface area contributed by atoms with Crippen molar-refractivity contribution >= 4 is 18.0 Å². The van der Waals surface area contributed by atoms with Crippen LogP contribution >= 0.6 is 0 Å². The van der Waals surface area contributed by atoms with E-state index in [2.05, 4.69) is 29.6 Å². The number of nitrogens with one attached hydrogen (secondary N) is 1. The average Bonchev–Trinajstić information content (AvgIpc) is 3.57. The number of hydrogen-bond acceptors (Lipinski definition) is 4. The van der Waals surface area contributed by atoms with Gasteiger partial charge in [0.2, 0.25) is 5.91 Å². The van der Waals surface area contributed by atoms with Crippen LogP contribution < -0.4 is 5.32 Å². The molecule has 7 heteroatoms. The molecule has 2 amide bonds. The van der Waals surface area contributed by atoms with Crippen LogP contribution in [-0.4, -0.2) is 53.2 Å². The lowest BCUT2D eigenvalue weighted by Gasteiger charge is -2.40. The molecule has 1 saturated carbocycles. The predicted molar refractivity (Wildman–Crippen MR) is 126 cm³/mol. The van der Waals surface area contributed by atoms with Crippen molar-refractivity contribution < 1.29 is 24.2 Å². The molecule has 5 rings (SSSR count). The number of carboxylic acids is 1. The van der Waals surface area contributed by atoms with Crippen molar-refractivity contribution in [1.29, 1.82) is 0 Å². The van der Waals surface area contributed by atoms with Crippen LogP contribution in [0.25, 0.3) is 11.1 Å². The van der Waals surface area contributed by atoms with E-state index >= 15 is 0 Å². The fourth-order valence-corrected chi connectivity index (χ4v) is 5.57. The Morgan fingerprint density at radius 1 is 1.03 bits per heavy atom. The molecule has 1 heterocycles. The van der Waals surface area contributed by atoms with Gasteiger partial charge in [-0.15, -0.1) is 0 Å². The van der Waals surface area contributed by atoms with E-state index in [1.807, 2.05) is 31.2 Å². The predicted octanol–water partition coefficient (Wildman–Crippen LogP) is 4.16. The van der Waals surface area contributed by atoms with E-state index in [1.165, 1.54) is 0 Å². The van der Waals surface area contributed by atoms with E-state index < -0.39 is 23.0 Å². The Balaban J connectivity index is 1.24. The van der Waals surface area contributed by atoms with Crippen LogP contribution in [0, 0.1) is 5.41 Å². The standard InChI is InChI=1S/C27H30N2O5/c1-2-26(24(31)32)12-7-15-29(17-26)23(30)27(13-14-27)28-25(33)34-16-22-20-10-5-3-8-18(20)19-9-4-6-11-21(19)22/h3-6,8-11,22H,2,7,12-17H2,1H3,(H,28,33)(H,31,32). The number of carbonyl (C=O) groups is 3. The zero-order valence-electron chi connectivity index (χ0n) is 19.4. The van der Waals surface area contributed by atoms with E-state index in [1.54, 1.807) is 4.90 Å². The van der Waals surface area contributed by atoms with Crippen LogP contribution in [0.3, 0.4) is 0 Å². The van der Waals surface area contributed by atoms with Crippen LogP contribution in [0.2, 0.25) is 0 Å². The maximum atomic E-state index is 13.3. The van der Waals surface area contributed by atoms with Crippen LogP contribution in [0.4, 0.5) is 4.79 Å². The van der Waals surface area contributed by atoms with Crippen molar-refractivity contribution in [3.8, 4) is 11.1 Å². The largest absolute Gasteiger partial charge is 0.481 e. The van der Waals surface area contributed by atoms with Crippen LogP contribution in [-0.2, 0) is 14.3 Å². The third-order valence-corrected chi connectivity index (χ3v) is 7.84. The van der Waals surface area contributed by atoms with Crippen molar-refractivity contribution in [3.05, 3.63) is 59.7 Å². The number of alkyl carbamates (subject to hydrolysis) is 1. The number of ether oxygens (including phenoxy) is 1. The number of fused-ring (bicyclic) bond motifs is 3. The second kappa shape index (κ2) is 8.46. The lowest BCUT2D eigenvalue weighted by molar-refractivity contribution is -0.156. The molecule has 1 aliphatic heterocycles. The summed E-state index contributed by atoms with van der Waals surface area (Å²) >= 11 is 0. The molecular formula is C27H30N2O5. The first kappa shape index (κ1) is 22.4. The number of nitrogens with zero attached hydrogens (tertiary/aromatic N) is 1. The maximum Gasteiger partial charge on any atom is 0.408 e. The summed E-state index contributed by atoms with van der Waals surface area (Å²) < 4.78 is 5.64. The summed E-state index contributed by atoms with van der Waals surface area (Å²) in [4.78, 5) is 39.6.